The number of hydrogen-bond acceptors (Lipinski definition) is 7. The van der Waals surface area contributed by atoms with E-state index < -0.39 is 6.36 Å². The Balaban J connectivity index is 1.19. The van der Waals surface area contributed by atoms with Gasteiger partial charge in [0.2, 0.25) is 11.0 Å². The molecule has 0 spiro atoms. The SMILES string of the molecule is Cc1cccc(N2C(=O)CSC2=NC(=S)N/N=C/c2ccc(-c3ncn(-c4ccc(OC(F)(F)F)cc4)n3)cc2)c1. The van der Waals surface area contributed by atoms with Crippen LogP contribution in [-0.4, -0.2) is 49.3 Å². The number of thioether (sulfide) groups is 1. The topological polar surface area (TPSA) is 97.0 Å². The second kappa shape index (κ2) is 11.9. The van der Waals surface area contributed by atoms with Crippen LogP contribution in [0.25, 0.3) is 17.1 Å². The highest BCUT2D eigenvalue weighted by atomic mass is 32.2. The first-order valence-electron chi connectivity index (χ1n) is 12.0. The minimum Gasteiger partial charge on any atom is -0.406 e. The summed E-state index contributed by atoms with van der Waals surface area (Å²) >= 11 is 6.60. The molecule has 2 heterocycles. The van der Waals surface area contributed by atoms with Gasteiger partial charge in [-0.25, -0.2) is 9.67 Å². The van der Waals surface area contributed by atoms with Gasteiger partial charge in [0.25, 0.3) is 0 Å². The molecule has 208 valence electrons. The number of thiocarbonyl (C=S) groups is 1. The molecule has 4 aromatic rings. The number of anilines is 1. The van der Waals surface area contributed by atoms with E-state index in [1.807, 2.05) is 43.3 Å². The normalized spacial score (nSPS) is 14.7. The summed E-state index contributed by atoms with van der Waals surface area (Å²) in [5, 5.41) is 9.12. The van der Waals surface area contributed by atoms with Crippen molar-refractivity contribution in [1.82, 2.24) is 20.2 Å². The van der Waals surface area contributed by atoms with Crippen molar-refractivity contribution in [1.29, 1.82) is 0 Å². The van der Waals surface area contributed by atoms with Crippen molar-refractivity contribution in [3.8, 4) is 22.8 Å². The van der Waals surface area contributed by atoms with Gasteiger partial charge in [0.1, 0.15) is 12.1 Å². The van der Waals surface area contributed by atoms with Crippen LogP contribution in [0.15, 0.2) is 89.2 Å². The molecule has 1 aliphatic rings. The number of aromatic nitrogens is 3. The van der Waals surface area contributed by atoms with Gasteiger partial charge in [-0.3, -0.25) is 15.1 Å². The van der Waals surface area contributed by atoms with Gasteiger partial charge >= 0.3 is 6.36 Å². The number of carbonyl (C=O) groups excluding carboxylic acids is 1. The minimum absolute atomic E-state index is 0.0708. The van der Waals surface area contributed by atoms with Crippen LogP contribution in [0.4, 0.5) is 18.9 Å². The average Bonchev–Trinajstić information content (AvgIpc) is 3.56. The Morgan fingerprint density at radius 1 is 1.10 bits per heavy atom. The summed E-state index contributed by atoms with van der Waals surface area (Å²) < 4.78 is 42.4. The van der Waals surface area contributed by atoms with Gasteiger partial charge in [-0.1, -0.05) is 48.2 Å². The van der Waals surface area contributed by atoms with Crippen LogP contribution in [0, 0.1) is 6.92 Å². The van der Waals surface area contributed by atoms with Crippen molar-refractivity contribution in [2.24, 2.45) is 10.1 Å². The molecular weight excluding hydrogens is 575 g/mol. The van der Waals surface area contributed by atoms with E-state index in [0.717, 1.165) is 22.4 Å². The molecule has 0 unspecified atom stereocenters. The molecule has 0 radical (unpaired) electrons. The van der Waals surface area contributed by atoms with Gasteiger partial charge in [-0.05, 0) is 66.7 Å². The maximum atomic E-state index is 12.4. The fourth-order valence-electron chi connectivity index (χ4n) is 3.78. The zero-order valence-corrected chi connectivity index (χ0v) is 22.9. The van der Waals surface area contributed by atoms with Gasteiger partial charge in [0.05, 0.1) is 23.3 Å². The largest absolute Gasteiger partial charge is 0.573 e. The number of aliphatic imine (C=N–C) groups is 1. The summed E-state index contributed by atoms with van der Waals surface area (Å²) in [6, 6.07) is 20.1. The van der Waals surface area contributed by atoms with Gasteiger partial charge in [0, 0.05) is 5.56 Å². The standard InChI is InChI=1S/C27H20F3N7O2S2/c1-17-3-2-4-21(13-17)37-23(38)15-41-26(37)33-25(40)34-32-14-18-5-7-19(8-6-18)24-31-16-36(35-24)20-9-11-22(12-10-20)39-27(28,29)30/h2-14,16H,15H2,1H3,(H,34,40)/b32-14+,33-26?. The van der Waals surface area contributed by atoms with Crippen LogP contribution in [0.3, 0.4) is 0 Å². The lowest BCUT2D eigenvalue weighted by Gasteiger charge is -2.16. The molecular formula is C27H20F3N7O2S2. The lowest BCUT2D eigenvalue weighted by atomic mass is 10.1. The number of benzene rings is 3. The number of alkyl halides is 3. The number of amidine groups is 1. The highest BCUT2D eigenvalue weighted by Gasteiger charge is 2.31. The summed E-state index contributed by atoms with van der Waals surface area (Å²) in [4.78, 5) is 22.6. The Labute approximate surface area is 241 Å². The fourth-order valence-corrected chi connectivity index (χ4v) is 4.85. The monoisotopic (exact) mass is 595 g/mol. The molecule has 9 nitrogen and oxygen atoms in total. The summed E-state index contributed by atoms with van der Waals surface area (Å²) in [6.07, 6.45) is -1.72. The Kier molecular flexibility index (Phi) is 8.12. The molecule has 1 aromatic heterocycles. The molecule has 1 N–H and O–H groups in total. The number of nitrogens with one attached hydrogen (secondary N) is 1. The Hall–Kier alpha value is -4.56. The van der Waals surface area contributed by atoms with Crippen LogP contribution in [0.2, 0.25) is 0 Å². The van der Waals surface area contributed by atoms with Crippen molar-refractivity contribution in [3.05, 3.63) is 90.3 Å². The van der Waals surface area contributed by atoms with E-state index in [1.165, 1.54) is 47.0 Å². The third-order valence-electron chi connectivity index (χ3n) is 5.59. The maximum absolute atomic E-state index is 12.4. The van der Waals surface area contributed by atoms with Crippen LogP contribution in [0.5, 0.6) is 5.75 Å². The Bertz CT molecular complexity index is 1640. The summed E-state index contributed by atoms with van der Waals surface area (Å²) in [6.45, 7) is 1.95. The van der Waals surface area contributed by atoms with Crippen LogP contribution in [-0.2, 0) is 4.79 Å². The van der Waals surface area contributed by atoms with E-state index in [2.05, 4.69) is 30.3 Å². The first-order valence-corrected chi connectivity index (χ1v) is 13.4. The summed E-state index contributed by atoms with van der Waals surface area (Å²) in [5.74, 6) is 0.319. The quantitative estimate of drug-likeness (QED) is 0.179. The fraction of sp³-hybridized carbons (Fsp3) is 0.111. The molecule has 0 bridgehead atoms. The molecule has 0 atom stereocenters. The number of hydrogen-bond donors (Lipinski definition) is 1. The molecule has 41 heavy (non-hydrogen) atoms. The lowest BCUT2D eigenvalue weighted by Crippen LogP contribution is -2.30. The second-order valence-corrected chi connectivity index (χ2v) is 9.93. The predicted molar refractivity (Wildman–Crippen MR) is 155 cm³/mol. The van der Waals surface area contributed by atoms with Crippen molar-refractivity contribution < 1.29 is 22.7 Å². The van der Waals surface area contributed by atoms with Crippen LogP contribution < -0.4 is 15.1 Å². The van der Waals surface area contributed by atoms with Crippen molar-refractivity contribution in [3.63, 3.8) is 0 Å². The second-order valence-electron chi connectivity index (χ2n) is 8.60. The van der Waals surface area contributed by atoms with E-state index >= 15 is 0 Å². The number of amides is 1. The highest BCUT2D eigenvalue weighted by Crippen LogP contribution is 2.27. The van der Waals surface area contributed by atoms with Crippen molar-refractivity contribution in [2.45, 2.75) is 13.3 Å². The molecule has 5 rings (SSSR count). The van der Waals surface area contributed by atoms with E-state index in [-0.39, 0.29) is 22.5 Å². The predicted octanol–water partition coefficient (Wildman–Crippen LogP) is 5.49. The van der Waals surface area contributed by atoms with E-state index in [4.69, 9.17) is 12.2 Å². The number of hydrazone groups is 1. The maximum Gasteiger partial charge on any atom is 0.573 e. The molecule has 3 aromatic carbocycles. The molecule has 0 saturated carbocycles. The first kappa shape index (κ1) is 28.0. The lowest BCUT2D eigenvalue weighted by molar-refractivity contribution is -0.274. The molecule has 1 amide bonds. The molecule has 1 fully saturated rings. The Morgan fingerprint density at radius 2 is 1.85 bits per heavy atom. The van der Waals surface area contributed by atoms with Crippen LogP contribution in [0.1, 0.15) is 11.1 Å². The van der Waals surface area contributed by atoms with E-state index in [9.17, 15) is 18.0 Å². The minimum atomic E-state index is -4.75. The molecule has 1 aliphatic heterocycles. The number of halogens is 3. The average molecular weight is 596 g/mol. The Morgan fingerprint density at radius 3 is 2.56 bits per heavy atom. The third kappa shape index (κ3) is 7.15. The number of aryl methyl sites for hydroxylation is 1. The van der Waals surface area contributed by atoms with Crippen molar-refractivity contribution >= 4 is 52.1 Å². The smallest absolute Gasteiger partial charge is 0.406 e. The number of carbonyl (C=O) groups is 1. The number of ether oxygens (including phenoxy) is 1. The third-order valence-corrected chi connectivity index (χ3v) is 6.70. The van der Waals surface area contributed by atoms with Gasteiger partial charge < -0.3 is 4.74 Å². The number of nitrogens with zero attached hydrogens (tertiary/aromatic N) is 6. The van der Waals surface area contributed by atoms with Crippen LogP contribution >= 0.6 is 24.0 Å². The van der Waals surface area contributed by atoms with E-state index in [1.54, 1.807) is 23.2 Å². The molecule has 14 heteroatoms. The molecule has 0 aliphatic carbocycles. The summed E-state index contributed by atoms with van der Waals surface area (Å²) in [5.41, 5.74) is 6.48. The highest BCUT2D eigenvalue weighted by molar-refractivity contribution is 8.15. The van der Waals surface area contributed by atoms with E-state index in [0.29, 0.717) is 16.7 Å². The van der Waals surface area contributed by atoms with Gasteiger partial charge in [-0.15, -0.1) is 18.3 Å². The zero-order valence-electron chi connectivity index (χ0n) is 21.2. The molecule has 1 saturated heterocycles. The van der Waals surface area contributed by atoms with Gasteiger partial charge in [0.15, 0.2) is 11.0 Å². The van der Waals surface area contributed by atoms with Crippen molar-refractivity contribution in [2.75, 3.05) is 10.7 Å². The number of rotatable bonds is 6. The zero-order chi connectivity index (χ0) is 29.0. The first-order chi connectivity index (χ1) is 19.6. The summed E-state index contributed by atoms with van der Waals surface area (Å²) in [7, 11) is 0. The van der Waals surface area contributed by atoms with Gasteiger partial charge in [-0.2, -0.15) is 10.1 Å².